The lowest BCUT2D eigenvalue weighted by molar-refractivity contribution is 0.0779. The van der Waals surface area contributed by atoms with Crippen LogP contribution in [-0.4, -0.2) is 28.1 Å². The Kier molecular flexibility index (Phi) is 4.38. The third kappa shape index (κ3) is 2.84. The zero-order chi connectivity index (χ0) is 15.7. The number of carbonyl (C=O) groups is 1. The Hall–Kier alpha value is -1.56. The fraction of sp³-hybridized carbons (Fsp3) is 0.333. The topological polar surface area (TPSA) is 56.1 Å². The SMILES string of the molecule is Cn1ccnc1[C@H]1OCC[C@@H]1NC(=O)c1cccc(Cl)c1Cl. The lowest BCUT2D eigenvalue weighted by atomic mass is 10.1. The zero-order valence-electron chi connectivity index (χ0n) is 11.9. The third-order valence-corrected chi connectivity index (χ3v) is 4.54. The highest BCUT2D eigenvalue weighted by molar-refractivity contribution is 6.43. The smallest absolute Gasteiger partial charge is 0.253 e. The molecule has 0 saturated carbocycles. The minimum atomic E-state index is -0.262. The summed E-state index contributed by atoms with van der Waals surface area (Å²) in [6, 6.07) is 4.85. The number of carbonyl (C=O) groups excluding carboxylic acids is 1. The minimum absolute atomic E-state index is 0.149. The van der Waals surface area contributed by atoms with Crippen molar-refractivity contribution >= 4 is 29.1 Å². The number of amides is 1. The van der Waals surface area contributed by atoms with Gasteiger partial charge in [-0.15, -0.1) is 0 Å². The number of halogens is 2. The molecule has 2 atom stereocenters. The van der Waals surface area contributed by atoms with Crippen molar-refractivity contribution in [2.45, 2.75) is 18.6 Å². The standard InChI is InChI=1S/C15H15Cl2N3O2/c1-20-7-6-18-14(20)13-11(5-8-22-13)19-15(21)9-3-2-4-10(16)12(9)17/h2-4,6-7,11,13H,5,8H2,1H3,(H,19,21)/t11-,13-/m0/s1. The van der Waals surface area contributed by atoms with Crippen LogP contribution < -0.4 is 5.32 Å². The van der Waals surface area contributed by atoms with E-state index in [9.17, 15) is 4.79 Å². The number of nitrogens with zero attached hydrogens (tertiary/aromatic N) is 2. The van der Waals surface area contributed by atoms with Gasteiger partial charge in [-0.05, 0) is 18.6 Å². The fourth-order valence-electron chi connectivity index (χ4n) is 2.57. The number of hydrogen-bond donors (Lipinski definition) is 1. The molecule has 2 aromatic rings. The van der Waals surface area contributed by atoms with Crippen molar-refractivity contribution in [2.75, 3.05) is 6.61 Å². The second kappa shape index (κ2) is 6.28. The molecule has 1 amide bonds. The summed E-state index contributed by atoms with van der Waals surface area (Å²) in [5.41, 5.74) is 0.361. The molecule has 0 aliphatic carbocycles. The Morgan fingerprint density at radius 2 is 2.27 bits per heavy atom. The molecule has 5 nitrogen and oxygen atoms in total. The molecule has 0 radical (unpaired) electrons. The highest BCUT2D eigenvalue weighted by Gasteiger charge is 2.34. The van der Waals surface area contributed by atoms with Crippen LogP contribution in [0.1, 0.15) is 28.7 Å². The molecule has 7 heteroatoms. The third-order valence-electron chi connectivity index (χ3n) is 3.72. The number of nitrogens with one attached hydrogen (secondary N) is 1. The summed E-state index contributed by atoms with van der Waals surface area (Å²) in [7, 11) is 1.90. The summed E-state index contributed by atoms with van der Waals surface area (Å²) < 4.78 is 7.61. The van der Waals surface area contributed by atoms with Crippen molar-refractivity contribution in [1.82, 2.24) is 14.9 Å². The van der Waals surface area contributed by atoms with Crippen LogP contribution in [0.15, 0.2) is 30.6 Å². The molecule has 22 heavy (non-hydrogen) atoms. The molecular weight excluding hydrogens is 325 g/mol. The van der Waals surface area contributed by atoms with Gasteiger partial charge in [-0.1, -0.05) is 29.3 Å². The van der Waals surface area contributed by atoms with E-state index in [4.69, 9.17) is 27.9 Å². The van der Waals surface area contributed by atoms with E-state index in [0.717, 1.165) is 12.2 Å². The number of benzene rings is 1. The van der Waals surface area contributed by atoms with Gasteiger partial charge in [-0.25, -0.2) is 4.98 Å². The van der Waals surface area contributed by atoms with E-state index in [1.807, 2.05) is 17.8 Å². The number of rotatable bonds is 3. The molecule has 1 N–H and O–H groups in total. The van der Waals surface area contributed by atoms with E-state index in [1.165, 1.54) is 0 Å². The van der Waals surface area contributed by atoms with E-state index in [-0.39, 0.29) is 23.1 Å². The van der Waals surface area contributed by atoms with E-state index in [0.29, 0.717) is 17.2 Å². The van der Waals surface area contributed by atoms with Gasteiger partial charge in [0.1, 0.15) is 11.9 Å². The average molecular weight is 340 g/mol. The van der Waals surface area contributed by atoms with Gasteiger partial charge in [-0.2, -0.15) is 0 Å². The van der Waals surface area contributed by atoms with Crippen LogP contribution in [0.2, 0.25) is 10.0 Å². The normalized spacial score (nSPS) is 21.0. The van der Waals surface area contributed by atoms with Crippen molar-refractivity contribution in [1.29, 1.82) is 0 Å². The summed E-state index contributed by atoms with van der Waals surface area (Å²) in [5.74, 6) is 0.530. The van der Waals surface area contributed by atoms with E-state index < -0.39 is 0 Å². The average Bonchev–Trinajstić information content (AvgIpc) is 3.10. The quantitative estimate of drug-likeness (QED) is 0.935. The molecule has 1 aliphatic heterocycles. The van der Waals surface area contributed by atoms with Gasteiger partial charge in [0.2, 0.25) is 0 Å². The Bertz CT molecular complexity index is 702. The second-order valence-electron chi connectivity index (χ2n) is 5.16. The number of imidazole rings is 1. The molecule has 0 bridgehead atoms. The van der Waals surface area contributed by atoms with E-state index in [1.54, 1.807) is 24.4 Å². The summed E-state index contributed by atoms with van der Waals surface area (Å²) in [5, 5.41) is 3.59. The summed E-state index contributed by atoms with van der Waals surface area (Å²) >= 11 is 12.0. The maximum absolute atomic E-state index is 12.4. The summed E-state index contributed by atoms with van der Waals surface area (Å²) in [4.78, 5) is 16.7. The fourth-order valence-corrected chi connectivity index (χ4v) is 2.95. The highest BCUT2D eigenvalue weighted by atomic mass is 35.5. The molecule has 1 fully saturated rings. The number of aryl methyl sites for hydroxylation is 1. The van der Waals surface area contributed by atoms with Gasteiger partial charge < -0.3 is 14.6 Å². The minimum Gasteiger partial charge on any atom is -0.368 e. The van der Waals surface area contributed by atoms with Crippen molar-refractivity contribution in [2.24, 2.45) is 7.05 Å². The first-order chi connectivity index (χ1) is 10.6. The van der Waals surface area contributed by atoms with Crippen LogP contribution in [0.5, 0.6) is 0 Å². The first-order valence-electron chi connectivity index (χ1n) is 6.91. The maximum atomic E-state index is 12.4. The summed E-state index contributed by atoms with van der Waals surface area (Å²) in [6.45, 7) is 0.575. The molecule has 1 aliphatic rings. The number of hydrogen-bond acceptors (Lipinski definition) is 3. The lowest BCUT2D eigenvalue weighted by Crippen LogP contribution is -2.37. The van der Waals surface area contributed by atoms with Crippen molar-refractivity contribution in [3.63, 3.8) is 0 Å². The Morgan fingerprint density at radius 3 is 3.00 bits per heavy atom. The molecule has 1 saturated heterocycles. The second-order valence-corrected chi connectivity index (χ2v) is 5.94. The van der Waals surface area contributed by atoms with Crippen LogP contribution in [-0.2, 0) is 11.8 Å². The molecule has 0 spiro atoms. The molecule has 1 aromatic carbocycles. The predicted octanol–water partition coefficient (Wildman–Crippen LogP) is 2.99. The first kappa shape index (κ1) is 15.3. The molecule has 3 rings (SSSR count). The molecular formula is C15H15Cl2N3O2. The molecule has 116 valence electrons. The summed E-state index contributed by atoms with van der Waals surface area (Å²) in [6.07, 6.45) is 4.02. The van der Waals surface area contributed by atoms with Crippen LogP contribution in [0.4, 0.5) is 0 Å². The van der Waals surface area contributed by atoms with Gasteiger partial charge in [-0.3, -0.25) is 4.79 Å². The van der Waals surface area contributed by atoms with Crippen LogP contribution in [0.3, 0.4) is 0 Å². The molecule has 0 unspecified atom stereocenters. The Morgan fingerprint density at radius 1 is 1.45 bits per heavy atom. The zero-order valence-corrected chi connectivity index (χ0v) is 13.4. The molecule has 1 aromatic heterocycles. The molecule has 2 heterocycles. The van der Waals surface area contributed by atoms with Crippen molar-refractivity contribution in [3.8, 4) is 0 Å². The Balaban J connectivity index is 1.79. The van der Waals surface area contributed by atoms with Gasteiger partial charge >= 0.3 is 0 Å². The number of aromatic nitrogens is 2. The van der Waals surface area contributed by atoms with Crippen LogP contribution in [0.25, 0.3) is 0 Å². The lowest BCUT2D eigenvalue weighted by Gasteiger charge is -2.20. The van der Waals surface area contributed by atoms with Crippen LogP contribution >= 0.6 is 23.2 Å². The first-order valence-corrected chi connectivity index (χ1v) is 7.67. The van der Waals surface area contributed by atoms with Gasteiger partial charge in [0.05, 0.1) is 21.7 Å². The maximum Gasteiger partial charge on any atom is 0.253 e. The highest BCUT2D eigenvalue weighted by Crippen LogP contribution is 2.29. The van der Waals surface area contributed by atoms with Gasteiger partial charge in [0, 0.05) is 26.0 Å². The Labute approximate surface area is 138 Å². The van der Waals surface area contributed by atoms with Gasteiger partial charge in [0.25, 0.3) is 5.91 Å². The van der Waals surface area contributed by atoms with Crippen LogP contribution in [0, 0.1) is 0 Å². The monoisotopic (exact) mass is 339 g/mol. The van der Waals surface area contributed by atoms with Crippen molar-refractivity contribution in [3.05, 3.63) is 52.0 Å². The van der Waals surface area contributed by atoms with E-state index in [2.05, 4.69) is 10.3 Å². The number of ether oxygens (including phenoxy) is 1. The van der Waals surface area contributed by atoms with Crippen molar-refractivity contribution < 1.29 is 9.53 Å². The largest absolute Gasteiger partial charge is 0.368 e. The van der Waals surface area contributed by atoms with E-state index >= 15 is 0 Å². The van der Waals surface area contributed by atoms with Gasteiger partial charge in [0.15, 0.2) is 0 Å². The predicted molar refractivity (Wildman–Crippen MR) is 84.2 cm³/mol.